The average molecular weight is 487 g/mol. The van der Waals surface area contributed by atoms with E-state index < -0.39 is 6.04 Å². The lowest BCUT2D eigenvalue weighted by Gasteiger charge is -2.32. The van der Waals surface area contributed by atoms with Crippen LogP contribution in [0.4, 0.5) is 4.39 Å². The Labute approximate surface area is 209 Å². The fourth-order valence-corrected chi connectivity index (χ4v) is 4.57. The lowest BCUT2D eigenvalue weighted by molar-refractivity contribution is -0.141. The van der Waals surface area contributed by atoms with E-state index in [9.17, 15) is 14.0 Å². The summed E-state index contributed by atoms with van der Waals surface area (Å²) in [7, 11) is 0. The summed E-state index contributed by atoms with van der Waals surface area (Å²) in [5.41, 5.74) is 3.51. The van der Waals surface area contributed by atoms with E-state index in [2.05, 4.69) is 5.32 Å². The predicted molar refractivity (Wildman–Crippen MR) is 137 cm³/mol. The summed E-state index contributed by atoms with van der Waals surface area (Å²) in [5.74, 6) is -0.780. The number of halogens is 1. The van der Waals surface area contributed by atoms with Gasteiger partial charge in [0.05, 0.1) is 6.42 Å². The van der Waals surface area contributed by atoms with Crippen LogP contribution in [-0.4, -0.2) is 16.7 Å². The average Bonchev–Trinajstić information content (AvgIpc) is 3.38. The summed E-state index contributed by atoms with van der Waals surface area (Å²) in [4.78, 5) is 29.8. The van der Waals surface area contributed by atoms with E-state index in [1.165, 1.54) is 23.5 Å². The van der Waals surface area contributed by atoms with Gasteiger partial charge in [-0.05, 0) is 47.2 Å². The molecule has 4 nitrogen and oxygen atoms in total. The largest absolute Gasteiger partial charge is 0.350 e. The third-order valence-electron chi connectivity index (χ3n) is 5.75. The highest BCUT2D eigenvalue weighted by Gasteiger charge is 2.31. The first-order chi connectivity index (χ1) is 17.0. The Bertz CT molecular complexity index is 1240. The molecule has 2 amide bonds. The summed E-state index contributed by atoms with van der Waals surface area (Å²) in [6.45, 7) is 2.51. The fourth-order valence-electron chi connectivity index (χ4n) is 3.88. The molecule has 35 heavy (non-hydrogen) atoms. The summed E-state index contributed by atoms with van der Waals surface area (Å²) < 4.78 is 13.5. The van der Waals surface area contributed by atoms with Gasteiger partial charge in [0.2, 0.25) is 11.8 Å². The second-order valence-electron chi connectivity index (χ2n) is 8.42. The number of nitrogens with one attached hydrogen (secondary N) is 1. The minimum atomic E-state index is -0.836. The molecule has 0 saturated carbocycles. The van der Waals surface area contributed by atoms with Crippen LogP contribution >= 0.6 is 11.3 Å². The third-order valence-corrected chi connectivity index (χ3v) is 6.63. The molecule has 0 aliphatic carbocycles. The molecule has 0 aliphatic rings. The zero-order chi connectivity index (χ0) is 24.6. The second-order valence-corrected chi connectivity index (χ2v) is 9.45. The molecule has 4 aromatic rings. The van der Waals surface area contributed by atoms with E-state index in [1.54, 1.807) is 17.0 Å². The summed E-state index contributed by atoms with van der Waals surface area (Å²) in [6.07, 6.45) is 0.188. The molecular formula is C29H27FN2O2S. The van der Waals surface area contributed by atoms with Crippen molar-refractivity contribution in [2.75, 3.05) is 0 Å². The van der Waals surface area contributed by atoms with Gasteiger partial charge in [0.25, 0.3) is 0 Å². The number of nitrogens with zero attached hydrogens (tertiary/aromatic N) is 1. The number of carbonyl (C=O) groups excluding carboxylic acids is 2. The van der Waals surface area contributed by atoms with E-state index >= 15 is 0 Å². The first kappa shape index (κ1) is 24.4. The number of benzene rings is 3. The molecular weight excluding hydrogens is 459 g/mol. The maximum absolute atomic E-state index is 13.6. The molecule has 0 aliphatic heterocycles. The maximum Gasteiger partial charge on any atom is 0.247 e. The highest BCUT2D eigenvalue weighted by atomic mass is 32.1. The summed E-state index contributed by atoms with van der Waals surface area (Å²) in [6, 6.07) is 26.3. The lowest BCUT2D eigenvalue weighted by Crippen LogP contribution is -2.43. The SMILES string of the molecule is Cc1ccc([C@H](C(=O)NCc2ccccc2)N(Cc2ccc(F)cc2)C(=O)Cc2cccs2)cc1. The summed E-state index contributed by atoms with van der Waals surface area (Å²) >= 11 is 1.50. The Kier molecular flexibility index (Phi) is 8.06. The highest BCUT2D eigenvalue weighted by molar-refractivity contribution is 7.10. The number of amides is 2. The van der Waals surface area contributed by atoms with Crippen molar-refractivity contribution in [3.63, 3.8) is 0 Å². The van der Waals surface area contributed by atoms with Crippen LogP contribution in [-0.2, 0) is 29.1 Å². The van der Waals surface area contributed by atoms with E-state index in [0.29, 0.717) is 6.54 Å². The van der Waals surface area contributed by atoms with Crippen molar-refractivity contribution < 1.29 is 14.0 Å². The Balaban J connectivity index is 1.68. The molecule has 0 fully saturated rings. The van der Waals surface area contributed by atoms with Crippen molar-refractivity contribution in [3.05, 3.63) is 129 Å². The lowest BCUT2D eigenvalue weighted by atomic mass is 10.0. The number of aryl methyl sites for hydroxylation is 1. The zero-order valence-corrected chi connectivity index (χ0v) is 20.3. The minimum absolute atomic E-state index is 0.169. The Morgan fingerprint density at radius 1 is 0.886 bits per heavy atom. The Hall–Kier alpha value is -3.77. The summed E-state index contributed by atoms with van der Waals surface area (Å²) in [5, 5.41) is 4.94. The molecule has 1 atom stereocenters. The molecule has 4 rings (SSSR count). The molecule has 0 bridgehead atoms. The van der Waals surface area contributed by atoms with Gasteiger partial charge in [0.15, 0.2) is 0 Å². The van der Waals surface area contributed by atoms with Crippen LogP contribution in [0.5, 0.6) is 0 Å². The number of hydrogen-bond acceptors (Lipinski definition) is 3. The normalized spacial score (nSPS) is 11.6. The molecule has 0 saturated heterocycles. The fraction of sp³-hybridized carbons (Fsp3) is 0.172. The van der Waals surface area contributed by atoms with Crippen LogP contribution in [0.1, 0.15) is 33.2 Å². The minimum Gasteiger partial charge on any atom is -0.350 e. The number of hydrogen-bond donors (Lipinski definition) is 1. The van der Waals surface area contributed by atoms with Crippen LogP contribution in [0.2, 0.25) is 0 Å². The Morgan fingerprint density at radius 3 is 2.26 bits per heavy atom. The number of rotatable bonds is 9. The topological polar surface area (TPSA) is 49.4 Å². The quantitative estimate of drug-likeness (QED) is 0.324. The van der Waals surface area contributed by atoms with Crippen LogP contribution in [0.25, 0.3) is 0 Å². The van der Waals surface area contributed by atoms with Gasteiger partial charge >= 0.3 is 0 Å². The van der Waals surface area contributed by atoms with Gasteiger partial charge in [0, 0.05) is 18.0 Å². The van der Waals surface area contributed by atoms with Crippen LogP contribution in [0.15, 0.2) is 96.4 Å². The van der Waals surface area contributed by atoms with Crippen molar-refractivity contribution in [2.45, 2.75) is 32.5 Å². The van der Waals surface area contributed by atoms with Crippen molar-refractivity contribution in [3.8, 4) is 0 Å². The molecule has 6 heteroatoms. The van der Waals surface area contributed by atoms with E-state index in [4.69, 9.17) is 0 Å². The molecule has 3 aromatic carbocycles. The maximum atomic E-state index is 13.6. The zero-order valence-electron chi connectivity index (χ0n) is 19.5. The predicted octanol–water partition coefficient (Wildman–Crippen LogP) is 5.82. The Morgan fingerprint density at radius 2 is 1.60 bits per heavy atom. The van der Waals surface area contributed by atoms with Crippen LogP contribution < -0.4 is 5.32 Å². The van der Waals surface area contributed by atoms with Gasteiger partial charge in [-0.1, -0.05) is 78.4 Å². The number of thiophene rings is 1. The first-order valence-corrected chi connectivity index (χ1v) is 12.3. The van der Waals surface area contributed by atoms with Gasteiger partial charge in [-0.15, -0.1) is 11.3 Å². The molecule has 1 aromatic heterocycles. The van der Waals surface area contributed by atoms with Crippen molar-refractivity contribution >= 4 is 23.2 Å². The van der Waals surface area contributed by atoms with Crippen molar-refractivity contribution in [1.29, 1.82) is 0 Å². The third kappa shape index (κ3) is 6.64. The van der Waals surface area contributed by atoms with E-state index in [1.807, 2.05) is 79.0 Å². The van der Waals surface area contributed by atoms with Crippen molar-refractivity contribution in [2.24, 2.45) is 0 Å². The van der Waals surface area contributed by atoms with Crippen molar-refractivity contribution in [1.82, 2.24) is 10.2 Å². The molecule has 0 spiro atoms. The standard InChI is InChI=1S/C29H27FN2O2S/c1-21-9-13-24(14-10-21)28(29(34)31-19-22-6-3-2-4-7-22)32(20-23-11-15-25(30)16-12-23)27(33)18-26-8-5-17-35-26/h2-17,28H,18-20H2,1H3,(H,31,34)/t28-/m1/s1. The molecule has 178 valence electrons. The van der Waals surface area contributed by atoms with Gasteiger partial charge < -0.3 is 10.2 Å². The van der Waals surface area contributed by atoms with Crippen LogP contribution in [0.3, 0.4) is 0 Å². The van der Waals surface area contributed by atoms with Gasteiger partial charge in [-0.25, -0.2) is 4.39 Å². The molecule has 1 N–H and O–H groups in total. The van der Waals surface area contributed by atoms with E-state index in [0.717, 1.165) is 27.1 Å². The van der Waals surface area contributed by atoms with Gasteiger partial charge in [-0.3, -0.25) is 9.59 Å². The highest BCUT2D eigenvalue weighted by Crippen LogP contribution is 2.26. The van der Waals surface area contributed by atoms with Gasteiger partial charge in [-0.2, -0.15) is 0 Å². The monoisotopic (exact) mass is 486 g/mol. The van der Waals surface area contributed by atoms with E-state index in [-0.39, 0.29) is 30.6 Å². The van der Waals surface area contributed by atoms with Crippen LogP contribution in [0, 0.1) is 12.7 Å². The van der Waals surface area contributed by atoms with Gasteiger partial charge in [0.1, 0.15) is 11.9 Å². The molecule has 1 heterocycles. The molecule has 0 unspecified atom stereocenters. The smallest absolute Gasteiger partial charge is 0.247 e. The number of carbonyl (C=O) groups is 2. The molecule has 0 radical (unpaired) electrons. The second kappa shape index (κ2) is 11.6. The first-order valence-electron chi connectivity index (χ1n) is 11.4.